The van der Waals surface area contributed by atoms with Crippen LogP contribution in [-0.2, 0) is 5.41 Å². The van der Waals surface area contributed by atoms with E-state index in [4.69, 9.17) is 28.2 Å². The Balaban J connectivity index is 0.00000259. The van der Waals surface area contributed by atoms with Gasteiger partial charge in [0.15, 0.2) is 4.80 Å². The van der Waals surface area contributed by atoms with Crippen LogP contribution in [0.25, 0.3) is 5.69 Å². The smallest absolute Gasteiger partial charge is 0.194 e. The number of nitrogens with zero attached hydrogens (tertiary/aromatic N) is 2. The van der Waals surface area contributed by atoms with Gasteiger partial charge in [-0.3, -0.25) is 4.57 Å². The number of hydrogen-bond donors (Lipinski definition) is 0. The second kappa shape index (κ2) is 9.79. The van der Waals surface area contributed by atoms with E-state index in [0.717, 1.165) is 23.3 Å². The van der Waals surface area contributed by atoms with Crippen molar-refractivity contribution in [2.45, 2.75) is 38.5 Å². The van der Waals surface area contributed by atoms with Crippen molar-refractivity contribution in [2.75, 3.05) is 0 Å². The molecule has 6 heteroatoms. The lowest BCUT2D eigenvalue weighted by atomic mass is 9.62. The van der Waals surface area contributed by atoms with Crippen molar-refractivity contribution in [1.82, 2.24) is 4.57 Å². The van der Waals surface area contributed by atoms with Crippen LogP contribution in [0.2, 0.25) is 10.0 Å². The lowest BCUT2D eigenvalue weighted by molar-refractivity contribution is 0.289. The minimum atomic E-state index is -0.0908. The third-order valence-corrected chi connectivity index (χ3v) is 8.13. The molecule has 0 radical (unpaired) electrons. The van der Waals surface area contributed by atoms with E-state index < -0.39 is 0 Å². The van der Waals surface area contributed by atoms with Crippen LogP contribution in [0.4, 0.5) is 5.69 Å². The van der Waals surface area contributed by atoms with Crippen molar-refractivity contribution in [3.63, 3.8) is 0 Å². The molecule has 0 aliphatic heterocycles. The summed E-state index contributed by atoms with van der Waals surface area (Å²) in [6, 6.07) is 22.9. The molecule has 0 atom stereocenters. The van der Waals surface area contributed by atoms with Gasteiger partial charge in [-0.15, -0.1) is 28.3 Å². The summed E-state index contributed by atoms with van der Waals surface area (Å²) in [5.41, 5.74) is 6.97. The maximum absolute atomic E-state index is 6.45. The van der Waals surface area contributed by atoms with Crippen LogP contribution in [0.1, 0.15) is 41.6 Å². The molecule has 2 nitrogen and oxygen atoms in total. The quantitative estimate of drug-likeness (QED) is 0.238. The molecule has 1 saturated carbocycles. The van der Waals surface area contributed by atoms with Crippen molar-refractivity contribution in [3.05, 3.63) is 109 Å². The number of halogens is 3. The van der Waals surface area contributed by atoms with E-state index in [1.807, 2.05) is 18.2 Å². The highest BCUT2D eigenvalue weighted by Gasteiger charge is 2.43. The maximum Gasteiger partial charge on any atom is 0.194 e. The third kappa shape index (κ3) is 4.35. The molecule has 1 heterocycles. The van der Waals surface area contributed by atoms with Crippen LogP contribution in [-0.4, -0.2) is 4.57 Å². The summed E-state index contributed by atoms with van der Waals surface area (Å²) in [7, 11) is 0. The summed E-state index contributed by atoms with van der Waals surface area (Å²) >= 11 is 14.4. The molecule has 170 valence electrons. The summed E-state index contributed by atoms with van der Waals surface area (Å²) in [6.45, 7) is 4.27. The summed E-state index contributed by atoms with van der Waals surface area (Å²) in [4.78, 5) is 6.09. The van der Waals surface area contributed by atoms with Crippen LogP contribution in [0.15, 0.2) is 77.1 Å². The zero-order chi connectivity index (χ0) is 22.3. The van der Waals surface area contributed by atoms with Crippen LogP contribution >= 0.6 is 51.5 Å². The molecule has 1 aromatic heterocycles. The minimum absolute atomic E-state index is 0. The van der Waals surface area contributed by atoms with Gasteiger partial charge in [0.25, 0.3) is 0 Å². The molecule has 1 aliphatic rings. The predicted molar refractivity (Wildman–Crippen MR) is 146 cm³/mol. The van der Waals surface area contributed by atoms with E-state index in [1.165, 1.54) is 34.5 Å². The molecule has 0 N–H and O–H groups in total. The standard InChI is InChI=1S/C27H24Cl2N2S.BrH/c1-18-8-3-5-10-23(18)30-26-31(24-11-6-4-9-19(24)2)25(17-32-26)27(14-7-15-27)20-12-13-21(28)22(29)16-20;/h3-6,8-13,16-17H,7,14-15H2,1-2H3;1H. The fraction of sp³-hybridized carbons (Fsp3) is 0.222. The Hall–Kier alpha value is -1.85. The average Bonchev–Trinajstić information content (AvgIpc) is 3.15. The van der Waals surface area contributed by atoms with Gasteiger partial charge >= 0.3 is 0 Å². The molecular formula is C27H25BrCl2N2S. The highest BCUT2D eigenvalue weighted by molar-refractivity contribution is 8.93. The Morgan fingerprint density at radius 1 is 0.879 bits per heavy atom. The molecule has 3 aromatic carbocycles. The first-order valence-electron chi connectivity index (χ1n) is 10.8. The SMILES string of the molecule is Br.Cc1ccccc1N=c1scc(C2(c3ccc(Cl)c(Cl)c3)CCC2)n1-c1ccccc1C. The van der Waals surface area contributed by atoms with Gasteiger partial charge in [-0.2, -0.15) is 0 Å². The molecule has 0 spiro atoms. The Morgan fingerprint density at radius 2 is 1.58 bits per heavy atom. The Kier molecular flexibility index (Phi) is 7.20. The van der Waals surface area contributed by atoms with Gasteiger partial charge in [-0.1, -0.05) is 72.1 Å². The van der Waals surface area contributed by atoms with Gasteiger partial charge < -0.3 is 0 Å². The Bertz CT molecular complexity index is 1370. The number of rotatable bonds is 4. The molecule has 33 heavy (non-hydrogen) atoms. The van der Waals surface area contributed by atoms with Crippen molar-refractivity contribution in [3.8, 4) is 5.69 Å². The lowest BCUT2D eigenvalue weighted by Gasteiger charge is -2.43. The number of aromatic nitrogens is 1. The van der Waals surface area contributed by atoms with Gasteiger partial charge in [-0.25, -0.2) is 4.99 Å². The molecule has 1 aliphatic carbocycles. The molecule has 0 amide bonds. The number of hydrogen-bond acceptors (Lipinski definition) is 2. The highest BCUT2D eigenvalue weighted by Crippen LogP contribution is 2.50. The van der Waals surface area contributed by atoms with Gasteiger partial charge in [-0.05, 0) is 67.6 Å². The first-order valence-corrected chi connectivity index (χ1v) is 12.5. The summed E-state index contributed by atoms with van der Waals surface area (Å²) < 4.78 is 2.36. The zero-order valence-electron chi connectivity index (χ0n) is 18.5. The number of thiazole rings is 1. The lowest BCUT2D eigenvalue weighted by Crippen LogP contribution is -2.38. The van der Waals surface area contributed by atoms with Gasteiger partial charge in [0.2, 0.25) is 0 Å². The van der Waals surface area contributed by atoms with Crippen molar-refractivity contribution < 1.29 is 0 Å². The van der Waals surface area contributed by atoms with Crippen molar-refractivity contribution in [2.24, 2.45) is 4.99 Å². The second-order valence-corrected chi connectivity index (χ2v) is 10.1. The summed E-state index contributed by atoms with van der Waals surface area (Å²) in [5.74, 6) is 0. The summed E-state index contributed by atoms with van der Waals surface area (Å²) in [5, 5.41) is 3.49. The van der Waals surface area contributed by atoms with Gasteiger partial charge in [0.1, 0.15) is 0 Å². The number of para-hydroxylation sites is 2. The molecule has 5 rings (SSSR count). The highest BCUT2D eigenvalue weighted by atomic mass is 79.9. The molecule has 1 fully saturated rings. The van der Waals surface area contributed by atoms with E-state index in [9.17, 15) is 0 Å². The maximum atomic E-state index is 6.45. The Morgan fingerprint density at radius 3 is 2.21 bits per heavy atom. The molecule has 0 unspecified atom stereocenters. The molecule has 4 aromatic rings. The predicted octanol–water partition coefficient (Wildman–Crippen LogP) is 8.74. The third-order valence-electron chi connectivity index (χ3n) is 6.57. The fourth-order valence-electron chi connectivity index (χ4n) is 4.58. The largest absolute Gasteiger partial charge is 0.288 e. The first kappa shape index (κ1) is 24.3. The normalized spacial score (nSPS) is 15.1. The van der Waals surface area contributed by atoms with Crippen molar-refractivity contribution in [1.29, 1.82) is 0 Å². The van der Waals surface area contributed by atoms with Crippen LogP contribution in [0, 0.1) is 13.8 Å². The number of benzene rings is 3. The van der Waals surface area contributed by atoms with Crippen LogP contribution in [0.3, 0.4) is 0 Å². The monoisotopic (exact) mass is 558 g/mol. The zero-order valence-corrected chi connectivity index (χ0v) is 22.6. The number of aryl methyl sites for hydroxylation is 2. The topological polar surface area (TPSA) is 17.3 Å². The van der Waals surface area contributed by atoms with E-state index in [2.05, 4.69) is 72.3 Å². The van der Waals surface area contributed by atoms with E-state index in [1.54, 1.807) is 11.3 Å². The van der Waals surface area contributed by atoms with Gasteiger partial charge in [0, 0.05) is 16.5 Å². The molecule has 0 saturated heterocycles. The second-order valence-electron chi connectivity index (χ2n) is 8.49. The minimum Gasteiger partial charge on any atom is -0.288 e. The van der Waals surface area contributed by atoms with E-state index in [-0.39, 0.29) is 22.4 Å². The molecular weight excluding hydrogens is 535 g/mol. The first-order chi connectivity index (χ1) is 15.5. The van der Waals surface area contributed by atoms with E-state index >= 15 is 0 Å². The Labute approximate surface area is 219 Å². The molecule has 0 bridgehead atoms. The average molecular weight is 560 g/mol. The van der Waals surface area contributed by atoms with E-state index in [0.29, 0.717) is 10.0 Å². The van der Waals surface area contributed by atoms with Crippen LogP contribution < -0.4 is 4.80 Å². The van der Waals surface area contributed by atoms with Crippen molar-refractivity contribution >= 4 is 57.2 Å². The van der Waals surface area contributed by atoms with Gasteiger partial charge in [0.05, 0.1) is 21.4 Å². The fourth-order valence-corrected chi connectivity index (χ4v) is 5.88. The summed E-state index contributed by atoms with van der Waals surface area (Å²) in [6.07, 6.45) is 3.35. The van der Waals surface area contributed by atoms with Crippen LogP contribution in [0.5, 0.6) is 0 Å².